The number of hydrogen-bond acceptors (Lipinski definition) is 4. The Labute approximate surface area is 194 Å². The summed E-state index contributed by atoms with van der Waals surface area (Å²) in [6, 6.07) is 9.49. The van der Waals surface area contributed by atoms with Gasteiger partial charge in [-0.2, -0.15) is 0 Å². The maximum atomic E-state index is 13.4. The number of hydrogen-bond donors (Lipinski definition) is 1. The number of ether oxygens (including phenoxy) is 1. The summed E-state index contributed by atoms with van der Waals surface area (Å²) in [4.78, 5) is 29.4. The fourth-order valence-electron chi connectivity index (χ4n) is 3.80. The molecule has 1 aliphatic rings. The van der Waals surface area contributed by atoms with Gasteiger partial charge in [0, 0.05) is 26.2 Å². The van der Waals surface area contributed by atoms with E-state index in [-0.39, 0.29) is 43.5 Å². The number of nitrogens with zero attached hydrogens (tertiary/aromatic N) is 2. The van der Waals surface area contributed by atoms with Gasteiger partial charge in [0.25, 0.3) is 0 Å². The van der Waals surface area contributed by atoms with Crippen LogP contribution in [0.1, 0.15) is 49.7 Å². The molecule has 1 saturated heterocycles. The third-order valence-electron chi connectivity index (χ3n) is 5.65. The second-order valence-corrected chi connectivity index (χ2v) is 8.49. The fourth-order valence-corrected chi connectivity index (χ4v) is 3.80. The molecule has 33 heavy (non-hydrogen) atoms. The quantitative estimate of drug-likeness (QED) is 0.510. The summed E-state index contributed by atoms with van der Waals surface area (Å²) in [6.45, 7) is 5.99. The third kappa shape index (κ3) is 7.89. The van der Waals surface area contributed by atoms with Crippen LogP contribution in [0.15, 0.2) is 40.8 Å². The molecular weight excluding hydrogens is 425 g/mol. The van der Waals surface area contributed by atoms with Gasteiger partial charge in [-0.25, -0.2) is 9.18 Å². The number of carbonyl (C=O) groups excluding carboxylic acids is 2. The van der Waals surface area contributed by atoms with Crippen molar-refractivity contribution in [3.05, 3.63) is 59.3 Å². The molecule has 1 fully saturated rings. The van der Waals surface area contributed by atoms with E-state index in [0.717, 1.165) is 37.0 Å². The van der Waals surface area contributed by atoms with Crippen molar-refractivity contribution < 1.29 is 23.1 Å². The normalized spacial score (nSPS) is 15.4. The van der Waals surface area contributed by atoms with Gasteiger partial charge < -0.3 is 24.3 Å². The van der Waals surface area contributed by atoms with E-state index in [1.54, 1.807) is 21.9 Å². The molecule has 0 saturated carbocycles. The maximum Gasteiger partial charge on any atom is 0.317 e. The Kier molecular flexibility index (Phi) is 9.30. The van der Waals surface area contributed by atoms with Gasteiger partial charge >= 0.3 is 6.03 Å². The molecule has 3 amide bonds. The highest BCUT2D eigenvalue weighted by Crippen LogP contribution is 2.16. The molecule has 0 bridgehead atoms. The van der Waals surface area contributed by atoms with Crippen LogP contribution in [0.4, 0.5) is 9.18 Å². The number of nitrogens with one attached hydrogen (secondary N) is 1. The van der Waals surface area contributed by atoms with Crippen molar-refractivity contribution in [2.45, 2.75) is 58.7 Å². The van der Waals surface area contributed by atoms with Crippen LogP contribution in [0, 0.1) is 12.7 Å². The van der Waals surface area contributed by atoms with E-state index in [0.29, 0.717) is 25.5 Å². The summed E-state index contributed by atoms with van der Waals surface area (Å²) in [7, 11) is 0. The minimum Gasteiger partial charge on any atom is -0.464 e. The topological polar surface area (TPSA) is 75.0 Å². The van der Waals surface area contributed by atoms with E-state index in [4.69, 9.17) is 9.15 Å². The third-order valence-corrected chi connectivity index (χ3v) is 5.65. The van der Waals surface area contributed by atoms with Crippen LogP contribution in [0.5, 0.6) is 0 Å². The van der Waals surface area contributed by atoms with E-state index in [1.807, 2.05) is 19.1 Å². The molecule has 1 aromatic carbocycles. The number of aryl methyl sites for hydroxylation is 1. The molecule has 1 aromatic heterocycles. The van der Waals surface area contributed by atoms with Crippen LogP contribution in [-0.4, -0.2) is 54.1 Å². The van der Waals surface area contributed by atoms with E-state index >= 15 is 0 Å². The van der Waals surface area contributed by atoms with Gasteiger partial charge in [-0.15, -0.1) is 0 Å². The minimum atomic E-state index is -0.329. The number of urea groups is 1. The summed E-state index contributed by atoms with van der Waals surface area (Å²) < 4.78 is 24.7. The number of rotatable bonds is 11. The number of furan rings is 1. The smallest absolute Gasteiger partial charge is 0.317 e. The molecule has 0 spiro atoms. The first-order valence-electron chi connectivity index (χ1n) is 11.7. The van der Waals surface area contributed by atoms with Crippen LogP contribution in [0.25, 0.3) is 0 Å². The average molecular weight is 460 g/mol. The van der Waals surface area contributed by atoms with E-state index in [9.17, 15) is 14.0 Å². The van der Waals surface area contributed by atoms with Crippen molar-refractivity contribution in [2.75, 3.05) is 26.2 Å². The Balaban J connectivity index is 1.73. The van der Waals surface area contributed by atoms with Crippen LogP contribution in [-0.2, 0) is 22.6 Å². The molecule has 1 atom stereocenters. The summed E-state index contributed by atoms with van der Waals surface area (Å²) >= 11 is 0. The summed E-state index contributed by atoms with van der Waals surface area (Å²) in [5.41, 5.74) is 0.797. The molecule has 3 rings (SSSR count). The minimum absolute atomic E-state index is 0.0620. The number of unbranched alkanes of at least 4 members (excludes halogenated alkanes) is 1. The lowest BCUT2D eigenvalue weighted by Gasteiger charge is -2.29. The Hall–Kier alpha value is -2.87. The van der Waals surface area contributed by atoms with Gasteiger partial charge in [-0.05, 0) is 56.0 Å². The molecular formula is C25H34FN3O4. The zero-order chi connectivity index (χ0) is 23.6. The number of halogens is 1. The lowest BCUT2D eigenvalue weighted by Crippen LogP contribution is -2.49. The zero-order valence-electron chi connectivity index (χ0n) is 19.5. The first kappa shape index (κ1) is 24.8. The van der Waals surface area contributed by atoms with Crippen LogP contribution in [0.3, 0.4) is 0 Å². The SMILES string of the molecule is CCCCNC(=O)N(CC(=O)N(Cc1ccc(F)cc1)Cc1ccc(C)o1)CC1CCCO1. The Morgan fingerprint density at radius 1 is 1.12 bits per heavy atom. The average Bonchev–Trinajstić information content (AvgIpc) is 3.46. The second kappa shape index (κ2) is 12.4. The molecule has 0 radical (unpaired) electrons. The first-order valence-corrected chi connectivity index (χ1v) is 11.7. The standard InChI is InChI=1S/C25H34FN3O4/c1-3-4-13-27-25(31)29(16-22-6-5-14-32-22)18-24(30)28(17-23-12-7-19(2)33-23)15-20-8-10-21(26)11-9-20/h7-12,22H,3-6,13-18H2,1-2H3,(H,27,31). The molecule has 7 nitrogen and oxygen atoms in total. The highest BCUT2D eigenvalue weighted by molar-refractivity contribution is 5.84. The van der Waals surface area contributed by atoms with Crippen molar-refractivity contribution in [1.82, 2.24) is 15.1 Å². The van der Waals surface area contributed by atoms with Crippen LogP contribution >= 0.6 is 0 Å². The molecule has 180 valence electrons. The van der Waals surface area contributed by atoms with Crippen LogP contribution in [0.2, 0.25) is 0 Å². The zero-order valence-corrected chi connectivity index (χ0v) is 19.5. The molecule has 1 N–H and O–H groups in total. The van der Waals surface area contributed by atoms with Crippen molar-refractivity contribution in [3.63, 3.8) is 0 Å². The van der Waals surface area contributed by atoms with Crippen molar-refractivity contribution in [1.29, 1.82) is 0 Å². The van der Waals surface area contributed by atoms with Gasteiger partial charge in [0.05, 0.1) is 12.6 Å². The molecule has 1 unspecified atom stereocenters. The van der Waals surface area contributed by atoms with Crippen molar-refractivity contribution in [3.8, 4) is 0 Å². The molecule has 1 aliphatic heterocycles. The monoisotopic (exact) mass is 459 g/mol. The maximum absolute atomic E-state index is 13.4. The fraction of sp³-hybridized carbons (Fsp3) is 0.520. The summed E-state index contributed by atoms with van der Waals surface area (Å²) in [6.07, 6.45) is 3.62. The Bertz CT molecular complexity index is 893. The van der Waals surface area contributed by atoms with E-state index < -0.39 is 0 Å². The predicted octanol–water partition coefficient (Wildman–Crippen LogP) is 4.25. The van der Waals surface area contributed by atoms with Gasteiger partial charge in [0.1, 0.15) is 23.9 Å². The Morgan fingerprint density at radius 2 is 1.91 bits per heavy atom. The Morgan fingerprint density at radius 3 is 2.55 bits per heavy atom. The summed E-state index contributed by atoms with van der Waals surface area (Å²) in [5, 5.41) is 2.91. The lowest BCUT2D eigenvalue weighted by molar-refractivity contribution is -0.133. The highest BCUT2D eigenvalue weighted by atomic mass is 19.1. The van der Waals surface area contributed by atoms with Crippen molar-refractivity contribution in [2.24, 2.45) is 0 Å². The first-order chi connectivity index (χ1) is 15.9. The van der Waals surface area contributed by atoms with Gasteiger partial charge in [0.2, 0.25) is 5.91 Å². The van der Waals surface area contributed by atoms with E-state index in [2.05, 4.69) is 12.2 Å². The van der Waals surface area contributed by atoms with Gasteiger partial charge in [0.15, 0.2) is 0 Å². The summed E-state index contributed by atoms with van der Waals surface area (Å²) in [5.74, 6) is 0.873. The lowest BCUT2D eigenvalue weighted by atomic mass is 10.2. The molecule has 8 heteroatoms. The number of benzene rings is 1. The molecule has 2 aromatic rings. The highest BCUT2D eigenvalue weighted by Gasteiger charge is 2.26. The van der Waals surface area contributed by atoms with E-state index in [1.165, 1.54) is 12.1 Å². The molecule has 2 heterocycles. The van der Waals surface area contributed by atoms with Gasteiger partial charge in [-0.3, -0.25) is 4.79 Å². The second-order valence-electron chi connectivity index (χ2n) is 8.49. The largest absolute Gasteiger partial charge is 0.464 e. The number of carbonyl (C=O) groups is 2. The van der Waals surface area contributed by atoms with Crippen LogP contribution < -0.4 is 5.32 Å². The number of amides is 3. The van der Waals surface area contributed by atoms with Crippen molar-refractivity contribution >= 4 is 11.9 Å². The molecule has 0 aliphatic carbocycles. The van der Waals surface area contributed by atoms with Gasteiger partial charge in [-0.1, -0.05) is 25.5 Å². The predicted molar refractivity (Wildman–Crippen MR) is 123 cm³/mol.